The third-order valence-electron chi connectivity index (χ3n) is 4.95. The first-order valence-corrected chi connectivity index (χ1v) is 8.67. The fraction of sp³-hybridized carbons (Fsp3) is 0.190. The zero-order chi connectivity index (χ0) is 20.0. The van der Waals surface area contributed by atoms with Crippen molar-refractivity contribution in [3.05, 3.63) is 63.4 Å². The molecule has 4 rings (SSSR count). The summed E-state index contributed by atoms with van der Waals surface area (Å²) in [6.07, 6.45) is -0.125. The molecule has 0 fully saturated rings. The van der Waals surface area contributed by atoms with Gasteiger partial charge in [-0.05, 0) is 43.3 Å². The van der Waals surface area contributed by atoms with E-state index < -0.39 is 11.9 Å². The van der Waals surface area contributed by atoms with E-state index in [9.17, 15) is 19.5 Å². The Morgan fingerprint density at radius 3 is 2.71 bits per heavy atom. The highest BCUT2D eigenvalue weighted by Gasteiger charge is 2.34. The fourth-order valence-electron chi connectivity index (χ4n) is 3.59. The molecule has 0 radical (unpaired) electrons. The number of pyridine rings is 1. The highest BCUT2D eigenvalue weighted by molar-refractivity contribution is 5.98. The number of aromatic nitrogens is 1. The number of phenols is 1. The van der Waals surface area contributed by atoms with Crippen LogP contribution < -0.4 is 15.0 Å². The van der Waals surface area contributed by atoms with Crippen LogP contribution in [0.25, 0.3) is 10.9 Å². The number of methoxy groups -OCH3 is 1. The van der Waals surface area contributed by atoms with E-state index in [-0.39, 0.29) is 40.4 Å². The number of hydrogen-bond donors (Lipinski definition) is 2. The van der Waals surface area contributed by atoms with Crippen LogP contribution >= 0.6 is 0 Å². The van der Waals surface area contributed by atoms with Crippen LogP contribution in [0.2, 0.25) is 0 Å². The van der Waals surface area contributed by atoms with Gasteiger partial charge in [-0.2, -0.15) is 0 Å². The molecule has 0 saturated heterocycles. The van der Waals surface area contributed by atoms with Gasteiger partial charge in [-0.25, -0.2) is 0 Å². The van der Waals surface area contributed by atoms with Gasteiger partial charge >= 0.3 is 5.97 Å². The van der Waals surface area contributed by atoms with Gasteiger partial charge in [0.1, 0.15) is 17.2 Å². The molecule has 1 aromatic heterocycles. The van der Waals surface area contributed by atoms with Crippen LogP contribution in [0.15, 0.2) is 41.2 Å². The summed E-state index contributed by atoms with van der Waals surface area (Å²) < 4.78 is 10.4. The van der Waals surface area contributed by atoms with Crippen LogP contribution in [-0.2, 0) is 4.79 Å². The molecule has 142 valence electrons. The number of fused-ring (bicyclic) bond motifs is 2. The third-order valence-corrected chi connectivity index (χ3v) is 4.95. The second-order valence-corrected chi connectivity index (χ2v) is 6.67. The first-order valence-electron chi connectivity index (χ1n) is 8.67. The number of ketones is 1. The Morgan fingerprint density at radius 2 is 2.00 bits per heavy atom. The monoisotopic (exact) mass is 379 g/mol. The van der Waals surface area contributed by atoms with Gasteiger partial charge in [0.25, 0.3) is 5.56 Å². The van der Waals surface area contributed by atoms with Crippen molar-refractivity contribution in [1.29, 1.82) is 0 Å². The maximum Gasteiger partial charge on any atom is 0.312 e. The molecule has 0 amide bonds. The molecule has 7 nitrogen and oxygen atoms in total. The second-order valence-electron chi connectivity index (χ2n) is 6.67. The van der Waals surface area contributed by atoms with Crippen LogP contribution in [0.1, 0.15) is 40.7 Å². The predicted molar refractivity (Wildman–Crippen MR) is 101 cm³/mol. The van der Waals surface area contributed by atoms with Gasteiger partial charge in [-0.1, -0.05) is 0 Å². The number of phenolic OH excluding ortho intramolecular Hbond substituents is 1. The highest BCUT2D eigenvalue weighted by Crippen LogP contribution is 2.44. The van der Waals surface area contributed by atoms with E-state index in [1.165, 1.54) is 19.1 Å². The maximum absolute atomic E-state index is 12.7. The molecular weight excluding hydrogens is 362 g/mol. The highest BCUT2D eigenvalue weighted by atomic mass is 16.5. The molecule has 2 N–H and O–H groups in total. The molecule has 2 aromatic carbocycles. The van der Waals surface area contributed by atoms with Crippen molar-refractivity contribution < 1.29 is 24.2 Å². The van der Waals surface area contributed by atoms with E-state index in [0.717, 1.165) is 5.39 Å². The van der Waals surface area contributed by atoms with Gasteiger partial charge in [0, 0.05) is 27.9 Å². The summed E-state index contributed by atoms with van der Waals surface area (Å²) in [5, 5.41) is 11.4. The number of rotatable bonds is 3. The predicted octanol–water partition coefficient (Wildman–Crippen LogP) is 2.89. The number of benzene rings is 2. The van der Waals surface area contributed by atoms with Gasteiger partial charge in [0.15, 0.2) is 5.78 Å². The minimum atomic E-state index is -0.741. The van der Waals surface area contributed by atoms with E-state index in [1.807, 2.05) is 0 Å². The maximum atomic E-state index is 12.7. The Labute approximate surface area is 159 Å². The first kappa shape index (κ1) is 17.8. The molecule has 1 atom stereocenters. The van der Waals surface area contributed by atoms with Crippen LogP contribution in [0.4, 0.5) is 0 Å². The number of H-pyrrole nitrogens is 1. The summed E-state index contributed by atoms with van der Waals surface area (Å²) in [4.78, 5) is 39.5. The van der Waals surface area contributed by atoms with E-state index >= 15 is 0 Å². The van der Waals surface area contributed by atoms with E-state index in [2.05, 4.69) is 4.98 Å². The molecule has 1 aliphatic heterocycles. The van der Waals surface area contributed by atoms with Crippen LogP contribution in [-0.4, -0.2) is 29.0 Å². The lowest BCUT2D eigenvalue weighted by atomic mass is 9.84. The van der Waals surface area contributed by atoms with Crippen molar-refractivity contribution in [2.24, 2.45) is 0 Å². The number of Topliss-reactive ketones (excluding diaryl/α,β-unsaturated/α-hetero) is 1. The van der Waals surface area contributed by atoms with Gasteiger partial charge in [0.2, 0.25) is 0 Å². The molecule has 0 bridgehead atoms. The number of aromatic hydroxyl groups is 1. The Kier molecular flexibility index (Phi) is 4.15. The van der Waals surface area contributed by atoms with Crippen molar-refractivity contribution in [1.82, 2.24) is 4.98 Å². The topological polar surface area (TPSA) is 106 Å². The number of aromatic amines is 1. The molecule has 3 aromatic rings. The average Bonchev–Trinajstić information content (AvgIpc) is 2.66. The molecule has 0 aliphatic carbocycles. The Balaban J connectivity index is 1.96. The van der Waals surface area contributed by atoms with E-state index in [1.54, 1.807) is 31.4 Å². The second kappa shape index (κ2) is 6.53. The zero-order valence-corrected chi connectivity index (χ0v) is 15.2. The number of hydrogen-bond acceptors (Lipinski definition) is 6. The molecule has 1 aliphatic rings. The lowest BCUT2D eigenvalue weighted by Crippen LogP contribution is -2.26. The van der Waals surface area contributed by atoms with Gasteiger partial charge in [-0.3, -0.25) is 14.4 Å². The molecule has 7 heteroatoms. The number of ether oxygens (including phenoxy) is 2. The Morgan fingerprint density at radius 1 is 1.21 bits per heavy atom. The summed E-state index contributed by atoms with van der Waals surface area (Å²) in [5.41, 5.74) is 0.918. The normalized spacial score (nSPS) is 15.8. The van der Waals surface area contributed by atoms with Crippen LogP contribution in [0.5, 0.6) is 17.2 Å². The molecule has 0 saturated carbocycles. The third kappa shape index (κ3) is 2.81. The molecule has 0 unspecified atom stereocenters. The molecule has 2 heterocycles. The fourth-order valence-corrected chi connectivity index (χ4v) is 3.59. The smallest absolute Gasteiger partial charge is 0.312 e. The van der Waals surface area contributed by atoms with Crippen molar-refractivity contribution >= 4 is 22.7 Å². The van der Waals surface area contributed by atoms with Crippen LogP contribution in [0, 0.1) is 0 Å². The lowest BCUT2D eigenvalue weighted by Gasteiger charge is -2.26. The number of nitrogens with one attached hydrogen (secondary N) is 1. The number of esters is 1. The van der Waals surface area contributed by atoms with Gasteiger partial charge in [-0.15, -0.1) is 0 Å². The lowest BCUT2D eigenvalue weighted by molar-refractivity contribution is -0.135. The van der Waals surface area contributed by atoms with E-state index in [0.29, 0.717) is 16.8 Å². The SMILES string of the molecule is COc1ccc2[nH]c(=O)c([C@@H]3CC(=O)Oc4ccc(C(C)=O)c(O)c43)cc2c1. The Bertz CT molecular complexity index is 1190. The van der Waals surface area contributed by atoms with Gasteiger partial charge < -0.3 is 19.6 Å². The molecule has 0 spiro atoms. The summed E-state index contributed by atoms with van der Waals surface area (Å²) in [7, 11) is 1.54. The van der Waals surface area contributed by atoms with Crippen molar-refractivity contribution in [2.45, 2.75) is 19.3 Å². The van der Waals surface area contributed by atoms with Crippen LogP contribution in [0.3, 0.4) is 0 Å². The quantitative estimate of drug-likeness (QED) is 0.412. The number of carbonyl (C=O) groups excluding carboxylic acids is 2. The molecule has 28 heavy (non-hydrogen) atoms. The first-order chi connectivity index (χ1) is 13.4. The summed E-state index contributed by atoms with van der Waals surface area (Å²) in [6.45, 7) is 1.33. The standard InChI is InChI=1S/C21H17NO6/c1-10(23)13-4-6-17-19(20(13)25)14(9-18(24)28-17)15-8-11-7-12(27-2)3-5-16(11)22-21(15)26/h3-8,14,25H,9H2,1-2H3,(H,22,26)/t14-/m0/s1. The largest absolute Gasteiger partial charge is 0.507 e. The minimum Gasteiger partial charge on any atom is -0.507 e. The van der Waals surface area contributed by atoms with E-state index in [4.69, 9.17) is 9.47 Å². The number of carbonyl (C=O) groups is 2. The Hall–Kier alpha value is -3.61. The summed E-state index contributed by atoms with van der Waals surface area (Å²) in [6, 6.07) is 9.77. The summed E-state index contributed by atoms with van der Waals surface area (Å²) in [5.74, 6) is -1.09. The van der Waals surface area contributed by atoms with Crippen molar-refractivity contribution in [3.8, 4) is 17.2 Å². The molecular formula is C21H17NO6. The summed E-state index contributed by atoms with van der Waals surface area (Å²) >= 11 is 0. The average molecular weight is 379 g/mol. The minimum absolute atomic E-state index is 0.112. The zero-order valence-electron chi connectivity index (χ0n) is 15.2. The van der Waals surface area contributed by atoms with Gasteiger partial charge in [0.05, 0.1) is 19.1 Å². The van der Waals surface area contributed by atoms with Crippen molar-refractivity contribution in [3.63, 3.8) is 0 Å². The van der Waals surface area contributed by atoms with Crippen molar-refractivity contribution in [2.75, 3.05) is 7.11 Å².